The number of rotatable bonds is 8. The standard InChI is InChI=1S/C23H24FN5O4S/c1-3-29(13-20(30)25-15-8-9-18-19(12-15)33-11-10-32-18)21(31)14-34-23-27-26-22(28(23)2)16-6-4-5-7-17(16)24/h4-9,12H,3,10-11,13-14H2,1-2H3,(H,25,30). The third-order valence-electron chi connectivity index (χ3n) is 5.17. The number of aromatic nitrogens is 3. The lowest BCUT2D eigenvalue weighted by molar-refractivity contribution is -0.132. The Morgan fingerprint density at radius 3 is 2.68 bits per heavy atom. The van der Waals surface area contributed by atoms with Crippen molar-refractivity contribution in [3.63, 3.8) is 0 Å². The third-order valence-corrected chi connectivity index (χ3v) is 6.17. The van der Waals surface area contributed by atoms with Gasteiger partial charge in [-0.1, -0.05) is 23.9 Å². The largest absolute Gasteiger partial charge is 0.486 e. The summed E-state index contributed by atoms with van der Waals surface area (Å²) in [6.07, 6.45) is 0. The van der Waals surface area contributed by atoms with E-state index >= 15 is 0 Å². The summed E-state index contributed by atoms with van der Waals surface area (Å²) in [5.74, 6) is 0.702. The van der Waals surface area contributed by atoms with E-state index in [0.29, 0.717) is 53.5 Å². The van der Waals surface area contributed by atoms with E-state index in [2.05, 4.69) is 15.5 Å². The minimum Gasteiger partial charge on any atom is -0.486 e. The molecule has 0 unspecified atom stereocenters. The predicted molar refractivity (Wildman–Crippen MR) is 125 cm³/mol. The lowest BCUT2D eigenvalue weighted by Crippen LogP contribution is -2.38. The quantitative estimate of drug-likeness (QED) is 0.490. The Hall–Kier alpha value is -3.60. The van der Waals surface area contributed by atoms with Gasteiger partial charge in [-0.2, -0.15) is 0 Å². The summed E-state index contributed by atoms with van der Waals surface area (Å²) in [7, 11) is 1.72. The summed E-state index contributed by atoms with van der Waals surface area (Å²) in [5, 5.41) is 11.4. The van der Waals surface area contributed by atoms with Crippen molar-refractivity contribution in [1.29, 1.82) is 0 Å². The second-order valence-electron chi connectivity index (χ2n) is 7.45. The molecule has 11 heteroatoms. The van der Waals surface area contributed by atoms with Gasteiger partial charge in [0.05, 0.1) is 17.9 Å². The van der Waals surface area contributed by atoms with Crippen molar-refractivity contribution in [2.45, 2.75) is 12.1 Å². The number of likely N-dealkylation sites (N-methyl/N-ethyl adjacent to an activating group) is 1. The van der Waals surface area contributed by atoms with Crippen LogP contribution in [0.4, 0.5) is 10.1 Å². The van der Waals surface area contributed by atoms with Crippen LogP contribution in [0, 0.1) is 5.82 Å². The fourth-order valence-corrected chi connectivity index (χ4v) is 4.22. The molecule has 1 aromatic heterocycles. The van der Waals surface area contributed by atoms with E-state index in [1.165, 1.54) is 22.7 Å². The van der Waals surface area contributed by atoms with Crippen molar-refractivity contribution in [3.05, 3.63) is 48.3 Å². The predicted octanol–water partition coefficient (Wildman–Crippen LogP) is 2.97. The van der Waals surface area contributed by atoms with Gasteiger partial charge >= 0.3 is 0 Å². The van der Waals surface area contributed by atoms with Gasteiger partial charge in [-0.15, -0.1) is 10.2 Å². The van der Waals surface area contributed by atoms with Crippen LogP contribution in [0.1, 0.15) is 6.92 Å². The van der Waals surface area contributed by atoms with Gasteiger partial charge in [0.2, 0.25) is 11.8 Å². The Bertz CT molecular complexity index is 1200. The summed E-state index contributed by atoms with van der Waals surface area (Å²) >= 11 is 1.18. The fourth-order valence-electron chi connectivity index (χ4n) is 3.41. The lowest BCUT2D eigenvalue weighted by atomic mass is 10.2. The van der Waals surface area contributed by atoms with Crippen molar-refractivity contribution in [2.24, 2.45) is 7.05 Å². The van der Waals surface area contributed by atoms with Gasteiger partial charge in [-0.3, -0.25) is 9.59 Å². The maximum Gasteiger partial charge on any atom is 0.243 e. The minimum absolute atomic E-state index is 0.0639. The highest BCUT2D eigenvalue weighted by molar-refractivity contribution is 7.99. The monoisotopic (exact) mass is 485 g/mol. The molecule has 3 aromatic rings. The smallest absolute Gasteiger partial charge is 0.243 e. The average Bonchev–Trinajstić information content (AvgIpc) is 3.21. The lowest BCUT2D eigenvalue weighted by Gasteiger charge is -2.21. The molecule has 0 bridgehead atoms. The highest BCUT2D eigenvalue weighted by atomic mass is 32.2. The van der Waals surface area contributed by atoms with Crippen LogP contribution in [0.5, 0.6) is 11.5 Å². The number of thioether (sulfide) groups is 1. The number of benzene rings is 2. The number of amides is 2. The van der Waals surface area contributed by atoms with E-state index in [-0.39, 0.29) is 24.1 Å². The van der Waals surface area contributed by atoms with Crippen molar-refractivity contribution in [2.75, 3.05) is 37.4 Å². The minimum atomic E-state index is -0.396. The van der Waals surface area contributed by atoms with E-state index in [9.17, 15) is 14.0 Å². The zero-order valence-electron chi connectivity index (χ0n) is 18.8. The Morgan fingerprint density at radius 1 is 1.15 bits per heavy atom. The van der Waals surface area contributed by atoms with E-state index < -0.39 is 5.82 Å². The topological polar surface area (TPSA) is 98.6 Å². The summed E-state index contributed by atoms with van der Waals surface area (Å²) in [6, 6.07) is 11.5. The van der Waals surface area contributed by atoms with Gasteiger partial charge in [0.25, 0.3) is 0 Å². The first-order valence-electron chi connectivity index (χ1n) is 10.7. The van der Waals surface area contributed by atoms with Crippen LogP contribution >= 0.6 is 11.8 Å². The molecule has 1 aliphatic heterocycles. The molecular weight excluding hydrogens is 461 g/mol. The summed E-state index contributed by atoms with van der Waals surface area (Å²) in [4.78, 5) is 26.7. The third kappa shape index (κ3) is 5.30. The van der Waals surface area contributed by atoms with Gasteiger partial charge < -0.3 is 24.3 Å². The van der Waals surface area contributed by atoms with Crippen molar-refractivity contribution >= 4 is 29.3 Å². The van der Waals surface area contributed by atoms with Crippen LogP contribution in [0.15, 0.2) is 47.6 Å². The first-order valence-corrected chi connectivity index (χ1v) is 11.7. The molecule has 0 aliphatic carbocycles. The number of ether oxygens (including phenoxy) is 2. The SMILES string of the molecule is CCN(CC(=O)Nc1ccc2c(c1)OCCO2)C(=O)CSc1nnc(-c2ccccc2F)n1C. The van der Waals surface area contributed by atoms with Crippen molar-refractivity contribution in [3.8, 4) is 22.9 Å². The molecule has 1 N–H and O–H groups in total. The Labute approximate surface area is 200 Å². The van der Waals surface area contributed by atoms with E-state index in [1.807, 2.05) is 0 Å². The van der Waals surface area contributed by atoms with Gasteiger partial charge in [0, 0.05) is 25.3 Å². The first kappa shape index (κ1) is 23.6. The number of hydrogen-bond donors (Lipinski definition) is 1. The number of carbonyl (C=O) groups excluding carboxylic acids is 2. The van der Waals surface area contributed by atoms with Crippen LogP contribution < -0.4 is 14.8 Å². The number of fused-ring (bicyclic) bond motifs is 1. The van der Waals surface area contributed by atoms with Crippen molar-refractivity contribution < 1.29 is 23.5 Å². The van der Waals surface area contributed by atoms with Crippen LogP contribution in [-0.2, 0) is 16.6 Å². The molecule has 178 valence electrons. The number of nitrogens with zero attached hydrogens (tertiary/aromatic N) is 4. The number of carbonyl (C=O) groups is 2. The van der Waals surface area contributed by atoms with Gasteiger partial charge in [-0.25, -0.2) is 4.39 Å². The maximum absolute atomic E-state index is 14.1. The molecule has 4 rings (SSSR count). The number of hydrogen-bond acceptors (Lipinski definition) is 7. The van der Waals surface area contributed by atoms with Crippen LogP contribution in [0.25, 0.3) is 11.4 Å². The molecule has 0 radical (unpaired) electrons. The van der Waals surface area contributed by atoms with Crippen LogP contribution in [0.2, 0.25) is 0 Å². The maximum atomic E-state index is 14.1. The molecule has 0 saturated carbocycles. The van der Waals surface area contributed by atoms with E-state index in [4.69, 9.17) is 9.47 Å². The Balaban J connectivity index is 1.33. The van der Waals surface area contributed by atoms with Crippen molar-refractivity contribution in [1.82, 2.24) is 19.7 Å². The molecule has 0 saturated heterocycles. The average molecular weight is 486 g/mol. The summed E-state index contributed by atoms with van der Waals surface area (Å²) in [6.45, 7) is 3.02. The number of halogens is 1. The highest BCUT2D eigenvalue weighted by Crippen LogP contribution is 2.32. The molecule has 2 amide bonds. The molecule has 34 heavy (non-hydrogen) atoms. The molecule has 0 atom stereocenters. The fraction of sp³-hybridized carbons (Fsp3) is 0.304. The molecule has 0 fully saturated rings. The summed E-state index contributed by atoms with van der Waals surface area (Å²) < 4.78 is 26.7. The second-order valence-corrected chi connectivity index (χ2v) is 8.39. The van der Waals surface area contributed by atoms with Crippen LogP contribution in [-0.4, -0.2) is 63.5 Å². The van der Waals surface area contributed by atoms with E-state index in [0.717, 1.165) is 0 Å². The Kier molecular flexibility index (Phi) is 7.31. The Morgan fingerprint density at radius 2 is 1.91 bits per heavy atom. The molecule has 2 heterocycles. The van der Waals surface area contributed by atoms with Crippen LogP contribution in [0.3, 0.4) is 0 Å². The van der Waals surface area contributed by atoms with Gasteiger partial charge in [0.1, 0.15) is 19.0 Å². The summed E-state index contributed by atoms with van der Waals surface area (Å²) in [5.41, 5.74) is 0.897. The van der Waals surface area contributed by atoms with E-state index in [1.54, 1.807) is 54.9 Å². The zero-order chi connectivity index (χ0) is 24.1. The molecule has 2 aromatic carbocycles. The van der Waals surface area contributed by atoms with Gasteiger partial charge in [-0.05, 0) is 31.2 Å². The second kappa shape index (κ2) is 10.6. The number of anilines is 1. The number of nitrogens with one attached hydrogen (secondary N) is 1. The molecule has 1 aliphatic rings. The highest BCUT2D eigenvalue weighted by Gasteiger charge is 2.20. The molecular formula is C23H24FN5O4S. The zero-order valence-corrected chi connectivity index (χ0v) is 19.6. The van der Waals surface area contributed by atoms with Gasteiger partial charge in [0.15, 0.2) is 22.5 Å². The molecule has 9 nitrogen and oxygen atoms in total. The molecule has 0 spiro atoms. The first-order chi connectivity index (χ1) is 16.5. The normalized spacial score (nSPS) is 12.3.